The SMILES string of the molecule is CCN(CC1CCCN1)S(=O)(=O)c1ccc(CC#N)cc1. The number of nitrogens with zero attached hydrogens (tertiary/aromatic N) is 2. The largest absolute Gasteiger partial charge is 0.313 e. The average molecular weight is 307 g/mol. The third-order valence-electron chi connectivity index (χ3n) is 3.78. The number of rotatable bonds is 6. The molecule has 1 aromatic rings. The number of likely N-dealkylation sites (N-methyl/N-ethyl adjacent to an activating group) is 1. The van der Waals surface area contributed by atoms with E-state index in [4.69, 9.17) is 5.26 Å². The molecule has 0 aromatic heterocycles. The number of benzene rings is 1. The van der Waals surface area contributed by atoms with E-state index in [1.807, 2.05) is 6.92 Å². The van der Waals surface area contributed by atoms with Crippen LogP contribution in [-0.2, 0) is 16.4 Å². The van der Waals surface area contributed by atoms with E-state index >= 15 is 0 Å². The van der Waals surface area contributed by atoms with Gasteiger partial charge in [0.1, 0.15) is 0 Å². The minimum atomic E-state index is -3.46. The lowest BCUT2D eigenvalue weighted by atomic mass is 10.2. The lowest BCUT2D eigenvalue weighted by Crippen LogP contribution is -2.40. The molecule has 1 aliphatic rings. The Balaban J connectivity index is 2.15. The van der Waals surface area contributed by atoms with Gasteiger partial charge in [-0.15, -0.1) is 0 Å². The van der Waals surface area contributed by atoms with Gasteiger partial charge in [-0.1, -0.05) is 19.1 Å². The third kappa shape index (κ3) is 3.82. The molecule has 1 heterocycles. The van der Waals surface area contributed by atoms with Gasteiger partial charge >= 0.3 is 0 Å². The summed E-state index contributed by atoms with van der Waals surface area (Å²) in [5.41, 5.74) is 0.831. The highest BCUT2D eigenvalue weighted by Gasteiger charge is 2.27. The van der Waals surface area contributed by atoms with E-state index < -0.39 is 10.0 Å². The van der Waals surface area contributed by atoms with Gasteiger partial charge in [0.2, 0.25) is 10.0 Å². The van der Waals surface area contributed by atoms with Gasteiger partial charge in [-0.2, -0.15) is 9.57 Å². The van der Waals surface area contributed by atoms with E-state index in [2.05, 4.69) is 11.4 Å². The topological polar surface area (TPSA) is 73.2 Å². The van der Waals surface area contributed by atoms with Crippen molar-refractivity contribution in [3.05, 3.63) is 29.8 Å². The molecule has 2 rings (SSSR count). The van der Waals surface area contributed by atoms with Gasteiger partial charge in [-0.3, -0.25) is 0 Å². The first-order valence-electron chi connectivity index (χ1n) is 7.27. The normalized spacial score (nSPS) is 18.8. The fourth-order valence-electron chi connectivity index (χ4n) is 2.58. The maximum absolute atomic E-state index is 12.7. The van der Waals surface area contributed by atoms with Crippen LogP contribution >= 0.6 is 0 Å². The summed E-state index contributed by atoms with van der Waals surface area (Å²) in [6.07, 6.45) is 2.42. The van der Waals surface area contributed by atoms with Crippen molar-refractivity contribution in [2.45, 2.75) is 37.1 Å². The molecule has 114 valence electrons. The molecular formula is C15H21N3O2S. The number of hydrogen-bond donors (Lipinski definition) is 1. The molecule has 5 nitrogen and oxygen atoms in total. The van der Waals surface area contributed by atoms with Crippen molar-refractivity contribution in [2.24, 2.45) is 0 Å². The number of hydrogen-bond acceptors (Lipinski definition) is 4. The van der Waals surface area contributed by atoms with Crippen LogP contribution in [0.5, 0.6) is 0 Å². The third-order valence-corrected chi connectivity index (χ3v) is 5.74. The summed E-state index contributed by atoms with van der Waals surface area (Å²) >= 11 is 0. The van der Waals surface area contributed by atoms with Gasteiger partial charge in [0.15, 0.2) is 0 Å². The van der Waals surface area contributed by atoms with Crippen molar-refractivity contribution in [2.75, 3.05) is 19.6 Å². The lowest BCUT2D eigenvalue weighted by molar-refractivity contribution is 0.383. The summed E-state index contributed by atoms with van der Waals surface area (Å²) in [5, 5.41) is 12.0. The monoisotopic (exact) mass is 307 g/mol. The maximum Gasteiger partial charge on any atom is 0.243 e. The smallest absolute Gasteiger partial charge is 0.243 e. The molecule has 1 N–H and O–H groups in total. The summed E-state index contributed by atoms with van der Waals surface area (Å²) in [6.45, 7) is 3.79. The highest BCUT2D eigenvalue weighted by atomic mass is 32.2. The fraction of sp³-hybridized carbons (Fsp3) is 0.533. The quantitative estimate of drug-likeness (QED) is 0.864. The van der Waals surface area contributed by atoms with Crippen LogP contribution < -0.4 is 5.32 Å². The predicted octanol–water partition coefficient (Wildman–Crippen LogP) is 1.52. The summed E-state index contributed by atoms with van der Waals surface area (Å²) in [6, 6.07) is 8.90. The van der Waals surface area contributed by atoms with E-state index in [0.29, 0.717) is 24.4 Å². The molecule has 0 spiro atoms. The van der Waals surface area contributed by atoms with Crippen LogP contribution in [0, 0.1) is 11.3 Å². The molecule has 0 aliphatic carbocycles. The number of nitriles is 1. The zero-order chi connectivity index (χ0) is 15.3. The van der Waals surface area contributed by atoms with Crippen LogP contribution in [0.2, 0.25) is 0 Å². The second kappa shape index (κ2) is 7.03. The van der Waals surface area contributed by atoms with E-state index in [1.165, 1.54) is 4.31 Å². The van der Waals surface area contributed by atoms with Crippen LogP contribution in [-0.4, -0.2) is 38.4 Å². The second-order valence-electron chi connectivity index (χ2n) is 5.23. The highest BCUT2D eigenvalue weighted by molar-refractivity contribution is 7.89. The predicted molar refractivity (Wildman–Crippen MR) is 81.2 cm³/mol. The summed E-state index contributed by atoms with van der Waals surface area (Å²) in [5.74, 6) is 0. The van der Waals surface area contributed by atoms with E-state index in [1.54, 1.807) is 24.3 Å². The molecule has 1 atom stereocenters. The molecule has 0 saturated carbocycles. The second-order valence-corrected chi connectivity index (χ2v) is 7.17. The van der Waals surface area contributed by atoms with Gasteiger partial charge in [0, 0.05) is 19.1 Å². The first kappa shape index (κ1) is 16.0. The highest BCUT2D eigenvalue weighted by Crippen LogP contribution is 2.18. The summed E-state index contributed by atoms with van der Waals surface area (Å²) in [4.78, 5) is 0.295. The van der Waals surface area contributed by atoms with Crippen LogP contribution in [0.15, 0.2) is 29.2 Å². The van der Waals surface area contributed by atoms with Crippen molar-refractivity contribution >= 4 is 10.0 Å². The first-order chi connectivity index (χ1) is 10.1. The minimum absolute atomic E-state index is 0.248. The molecule has 6 heteroatoms. The van der Waals surface area contributed by atoms with E-state index in [-0.39, 0.29) is 6.04 Å². The van der Waals surface area contributed by atoms with Crippen molar-refractivity contribution < 1.29 is 8.42 Å². The Morgan fingerprint density at radius 3 is 2.62 bits per heavy atom. The standard InChI is InChI=1S/C15H21N3O2S/c1-2-18(12-14-4-3-11-17-14)21(19,20)15-7-5-13(6-8-15)9-10-16/h5-8,14,17H,2-4,9,11-12H2,1H3. The van der Waals surface area contributed by atoms with Crippen molar-refractivity contribution in [3.63, 3.8) is 0 Å². The van der Waals surface area contributed by atoms with Gasteiger partial charge in [0.25, 0.3) is 0 Å². The zero-order valence-corrected chi connectivity index (χ0v) is 13.1. The molecule has 0 bridgehead atoms. The van der Waals surface area contributed by atoms with Gasteiger partial charge in [0.05, 0.1) is 17.4 Å². The van der Waals surface area contributed by atoms with Gasteiger partial charge in [-0.05, 0) is 37.1 Å². The van der Waals surface area contributed by atoms with Crippen molar-refractivity contribution in [1.29, 1.82) is 5.26 Å². The first-order valence-corrected chi connectivity index (χ1v) is 8.71. The fourth-order valence-corrected chi connectivity index (χ4v) is 4.07. The molecule has 1 unspecified atom stereocenters. The van der Waals surface area contributed by atoms with Crippen LogP contribution in [0.4, 0.5) is 0 Å². The Kier molecular flexibility index (Phi) is 5.34. The zero-order valence-electron chi connectivity index (χ0n) is 12.2. The molecule has 0 amide bonds. The van der Waals surface area contributed by atoms with Gasteiger partial charge < -0.3 is 5.32 Å². The van der Waals surface area contributed by atoms with Crippen molar-refractivity contribution in [1.82, 2.24) is 9.62 Å². The Labute approximate surface area is 126 Å². The number of nitrogens with one attached hydrogen (secondary N) is 1. The maximum atomic E-state index is 12.7. The summed E-state index contributed by atoms with van der Waals surface area (Å²) < 4.78 is 26.8. The van der Waals surface area contributed by atoms with Crippen LogP contribution in [0.1, 0.15) is 25.3 Å². The molecule has 21 heavy (non-hydrogen) atoms. The van der Waals surface area contributed by atoms with Crippen LogP contribution in [0.25, 0.3) is 0 Å². The van der Waals surface area contributed by atoms with Gasteiger partial charge in [-0.25, -0.2) is 8.42 Å². The number of sulfonamides is 1. The Hall–Kier alpha value is -1.42. The average Bonchev–Trinajstić information content (AvgIpc) is 2.98. The minimum Gasteiger partial charge on any atom is -0.313 e. The molecule has 1 fully saturated rings. The molecule has 0 radical (unpaired) electrons. The summed E-state index contributed by atoms with van der Waals surface area (Å²) in [7, 11) is -3.46. The Bertz CT molecular complexity index is 599. The van der Waals surface area contributed by atoms with E-state index in [9.17, 15) is 8.42 Å². The molecular weight excluding hydrogens is 286 g/mol. The molecule has 1 saturated heterocycles. The Morgan fingerprint density at radius 2 is 2.10 bits per heavy atom. The van der Waals surface area contributed by atoms with Crippen LogP contribution in [0.3, 0.4) is 0 Å². The van der Waals surface area contributed by atoms with E-state index in [0.717, 1.165) is 24.9 Å². The Morgan fingerprint density at radius 1 is 1.38 bits per heavy atom. The lowest BCUT2D eigenvalue weighted by Gasteiger charge is -2.24. The van der Waals surface area contributed by atoms with Crippen molar-refractivity contribution in [3.8, 4) is 6.07 Å². The molecule has 1 aromatic carbocycles. The molecule has 1 aliphatic heterocycles.